The summed E-state index contributed by atoms with van der Waals surface area (Å²) in [6.45, 7) is 1.72. The Labute approximate surface area is 146 Å². The zero-order valence-electron chi connectivity index (χ0n) is 13.7. The van der Waals surface area contributed by atoms with Gasteiger partial charge in [0.2, 0.25) is 0 Å². The molecule has 1 unspecified atom stereocenters. The van der Waals surface area contributed by atoms with E-state index in [1.807, 2.05) is 30.3 Å². The fourth-order valence-electron chi connectivity index (χ4n) is 2.86. The van der Waals surface area contributed by atoms with Crippen LogP contribution in [-0.2, 0) is 11.3 Å². The van der Waals surface area contributed by atoms with E-state index < -0.39 is 12.1 Å². The molecule has 25 heavy (non-hydrogen) atoms. The summed E-state index contributed by atoms with van der Waals surface area (Å²) in [7, 11) is 0. The van der Waals surface area contributed by atoms with Gasteiger partial charge in [-0.2, -0.15) is 0 Å². The SMILES string of the molecule is O=C(NC1CCN(c2ccc(C(=O)O)cc2)C1)OCc1ccccc1. The number of carbonyl (C=O) groups is 2. The topological polar surface area (TPSA) is 78.9 Å². The maximum absolute atomic E-state index is 11.9. The van der Waals surface area contributed by atoms with Crippen LogP contribution in [0.4, 0.5) is 10.5 Å². The van der Waals surface area contributed by atoms with Crippen molar-refractivity contribution in [2.24, 2.45) is 0 Å². The van der Waals surface area contributed by atoms with Crippen molar-refractivity contribution in [1.29, 1.82) is 0 Å². The van der Waals surface area contributed by atoms with E-state index in [1.54, 1.807) is 24.3 Å². The average Bonchev–Trinajstić information content (AvgIpc) is 3.09. The van der Waals surface area contributed by atoms with E-state index in [0.29, 0.717) is 6.54 Å². The molecule has 6 heteroatoms. The van der Waals surface area contributed by atoms with E-state index in [2.05, 4.69) is 10.2 Å². The first kappa shape index (κ1) is 16.8. The molecule has 1 aliphatic heterocycles. The van der Waals surface area contributed by atoms with Gasteiger partial charge in [0, 0.05) is 18.8 Å². The highest BCUT2D eigenvalue weighted by Crippen LogP contribution is 2.21. The zero-order valence-corrected chi connectivity index (χ0v) is 13.7. The fourth-order valence-corrected chi connectivity index (χ4v) is 2.86. The summed E-state index contributed by atoms with van der Waals surface area (Å²) >= 11 is 0. The molecule has 2 aromatic carbocycles. The van der Waals surface area contributed by atoms with Crippen molar-refractivity contribution in [3.63, 3.8) is 0 Å². The van der Waals surface area contributed by atoms with Crippen molar-refractivity contribution in [1.82, 2.24) is 5.32 Å². The van der Waals surface area contributed by atoms with E-state index in [-0.39, 0.29) is 18.2 Å². The van der Waals surface area contributed by atoms with E-state index in [0.717, 1.165) is 24.2 Å². The summed E-state index contributed by atoms with van der Waals surface area (Å²) in [5.74, 6) is -0.936. The number of carboxylic acid groups (broad SMARTS) is 1. The monoisotopic (exact) mass is 340 g/mol. The number of ether oxygens (including phenoxy) is 1. The molecule has 0 bridgehead atoms. The van der Waals surface area contributed by atoms with Gasteiger partial charge < -0.3 is 20.1 Å². The fraction of sp³-hybridized carbons (Fsp3) is 0.263. The molecule has 0 spiro atoms. The second-order valence-corrected chi connectivity index (χ2v) is 5.99. The van der Waals surface area contributed by atoms with E-state index in [9.17, 15) is 9.59 Å². The Kier molecular flexibility index (Phi) is 5.18. The van der Waals surface area contributed by atoms with Gasteiger partial charge in [-0.05, 0) is 36.2 Å². The third-order valence-corrected chi connectivity index (χ3v) is 4.20. The molecule has 0 saturated carbocycles. The highest BCUT2D eigenvalue weighted by atomic mass is 16.5. The Hall–Kier alpha value is -3.02. The first-order valence-corrected chi connectivity index (χ1v) is 8.17. The summed E-state index contributed by atoms with van der Waals surface area (Å²) in [4.78, 5) is 24.9. The molecule has 0 aromatic heterocycles. The normalized spacial score (nSPS) is 16.5. The second-order valence-electron chi connectivity index (χ2n) is 5.99. The van der Waals surface area contributed by atoms with Gasteiger partial charge in [0.05, 0.1) is 11.6 Å². The standard InChI is InChI=1S/C19H20N2O4/c22-18(23)15-6-8-17(9-7-15)21-11-10-16(12-21)20-19(24)25-13-14-4-2-1-3-5-14/h1-9,16H,10-13H2,(H,20,24)(H,22,23). The molecule has 2 aromatic rings. The lowest BCUT2D eigenvalue weighted by molar-refractivity contribution is 0.0697. The number of nitrogens with zero attached hydrogens (tertiary/aromatic N) is 1. The van der Waals surface area contributed by atoms with Gasteiger partial charge in [-0.1, -0.05) is 30.3 Å². The molecule has 6 nitrogen and oxygen atoms in total. The van der Waals surface area contributed by atoms with Gasteiger partial charge in [0.25, 0.3) is 0 Å². The number of carboxylic acids is 1. The van der Waals surface area contributed by atoms with Gasteiger partial charge in [0.1, 0.15) is 6.61 Å². The predicted octanol–water partition coefficient (Wildman–Crippen LogP) is 2.89. The van der Waals surface area contributed by atoms with E-state index >= 15 is 0 Å². The third kappa shape index (κ3) is 4.50. The summed E-state index contributed by atoms with van der Waals surface area (Å²) < 4.78 is 5.24. The third-order valence-electron chi connectivity index (χ3n) is 4.20. The van der Waals surface area contributed by atoms with Crippen molar-refractivity contribution >= 4 is 17.7 Å². The van der Waals surface area contributed by atoms with Crippen LogP contribution in [-0.4, -0.2) is 36.3 Å². The quantitative estimate of drug-likeness (QED) is 0.875. The molecule has 0 radical (unpaired) electrons. The molecule has 1 atom stereocenters. The number of aromatic carboxylic acids is 1. The summed E-state index contributed by atoms with van der Waals surface area (Å²) in [6, 6.07) is 16.3. The lowest BCUT2D eigenvalue weighted by atomic mass is 10.2. The molecule has 0 aliphatic carbocycles. The molecule has 1 saturated heterocycles. The van der Waals surface area contributed by atoms with Gasteiger partial charge >= 0.3 is 12.1 Å². The van der Waals surface area contributed by atoms with Gasteiger partial charge in [-0.25, -0.2) is 9.59 Å². The van der Waals surface area contributed by atoms with Crippen molar-refractivity contribution in [2.45, 2.75) is 19.1 Å². The Morgan fingerprint density at radius 3 is 2.52 bits per heavy atom. The minimum absolute atomic E-state index is 0.0161. The Morgan fingerprint density at radius 2 is 1.84 bits per heavy atom. The number of anilines is 1. The van der Waals surface area contributed by atoms with Gasteiger partial charge in [0.15, 0.2) is 0 Å². The van der Waals surface area contributed by atoms with Crippen LogP contribution in [0.15, 0.2) is 54.6 Å². The van der Waals surface area contributed by atoms with Crippen molar-refractivity contribution in [3.05, 3.63) is 65.7 Å². The predicted molar refractivity (Wildman–Crippen MR) is 93.8 cm³/mol. The number of nitrogens with one attached hydrogen (secondary N) is 1. The maximum atomic E-state index is 11.9. The van der Waals surface area contributed by atoms with Crippen LogP contribution in [0.2, 0.25) is 0 Å². The minimum atomic E-state index is -0.936. The summed E-state index contributed by atoms with van der Waals surface area (Å²) in [5.41, 5.74) is 2.17. The van der Waals surface area contributed by atoms with Crippen molar-refractivity contribution in [3.8, 4) is 0 Å². The van der Waals surface area contributed by atoms with Crippen LogP contribution in [0.5, 0.6) is 0 Å². The molecule has 1 amide bonds. The number of carbonyl (C=O) groups excluding carboxylic acids is 1. The first-order valence-electron chi connectivity index (χ1n) is 8.17. The highest BCUT2D eigenvalue weighted by Gasteiger charge is 2.24. The second kappa shape index (κ2) is 7.70. The minimum Gasteiger partial charge on any atom is -0.478 e. The Morgan fingerprint density at radius 1 is 1.12 bits per heavy atom. The Balaban J connectivity index is 1.47. The van der Waals surface area contributed by atoms with Crippen LogP contribution in [0.25, 0.3) is 0 Å². The number of hydrogen-bond donors (Lipinski definition) is 2. The highest BCUT2D eigenvalue weighted by molar-refractivity contribution is 5.88. The summed E-state index contributed by atoms with van der Waals surface area (Å²) in [6.07, 6.45) is 0.401. The maximum Gasteiger partial charge on any atom is 0.407 e. The smallest absolute Gasteiger partial charge is 0.407 e. The van der Waals surface area contributed by atoms with Crippen molar-refractivity contribution < 1.29 is 19.4 Å². The molecule has 3 rings (SSSR count). The molecule has 130 valence electrons. The van der Waals surface area contributed by atoms with Crippen LogP contribution >= 0.6 is 0 Å². The van der Waals surface area contributed by atoms with Crippen LogP contribution < -0.4 is 10.2 Å². The molecule has 2 N–H and O–H groups in total. The number of alkyl carbamates (subject to hydrolysis) is 1. The molecule has 1 aliphatic rings. The lowest BCUT2D eigenvalue weighted by Gasteiger charge is -2.19. The lowest BCUT2D eigenvalue weighted by Crippen LogP contribution is -2.37. The molecular weight excluding hydrogens is 320 g/mol. The zero-order chi connectivity index (χ0) is 17.6. The molecule has 1 fully saturated rings. The van der Waals surface area contributed by atoms with Gasteiger partial charge in [-0.15, -0.1) is 0 Å². The van der Waals surface area contributed by atoms with E-state index in [4.69, 9.17) is 9.84 Å². The largest absolute Gasteiger partial charge is 0.478 e. The van der Waals surface area contributed by atoms with Crippen LogP contribution in [0.3, 0.4) is 0 Å². The van der Waals surface area contributed by atoms with Crippen LogP contribution in [0.1, 0.15) is 22.3 Å². The number of amides is 1. The van der Waals surface area contributed by atoms with E-state index in [1.165, 1.54) is 0 Å². The molecule has 1 heterocycles. The number of hydrogen-bond acceptors (Lipinski definition) is 4. The van der Waals surface area contributed by atoms with Crippen LogP contribution in [0, 0.1) is 0 Å². The Bertz CT molecular complexity index is 731. The van der Waals surface area contributed by atoms with Crippen molar-refractivity contribution in [2.75, 3.05) is 18.0 Å². The summed E-state index contributed by atoms with van der Waals surface area (Å²) in [5, 5.41) is 11.8. The number of rotatable bonds is 5. The first-order chi connectivity index (χ1) is 12.1. The molecular formula is C19H20N2O4. The average molecular weight is 340 g/mol. The van der Waals surface area contributed by atoms with Gasteiger partial charge in [-0.3, -0.25) is 0 Å². The number of benzene rings is 2.